The molecule has 1 aromatic carbocycles. The van der Waals surface area contributed by atoms with E-state index in [4.69, 9.17) is 0 Å². The van der Waals surface area contributed by atoms with Crippen molar-refractivity contribution < 1.29 is 19.5 Å². The Morgan fingerprint density at radius 1 is 1.39 bits per heavy atom. The van der Waals surface area contributed by atoms with Crippen LogP contribution in [0.4, 0.5) is 5.69 Å². The number of Topliss-reactive ketones (excluding diaryl/α,β-unsaturated/α-hetero) is 1. The van der Waals surface area contributed by atoms with Crippen molar-refractivity contribution >= 4 is 40.3 Å². The first-order valence-corrected chi connectivity index (χ1v) is 7.78. The third-order valence-corrected chi connectivity index (χ3v) is 4.36. The molecule has 1 fully saturated rings. The fraction of sp³-hybridized carbons (Fsp3) is 0.250. The minimum atomic E-state index is -1.28. The van der Waals surface area contributed by atoms with Crippen LogP contribution in [0.2, 0.25) is 0 Å². The fourth-order valence-electron chi connectivity index (χ4n) is 2.05. The van der Waals surface area contributed by atoms with Gasteiger partial charge in [-0.2, -0.15) is 0 Å². The molecule has 1 atom stereocenters. The Morgan fingerprint density at radius 2 is 2.04 bits per heavy atom. The van der Waals surface area contributed by atoms with Crippen molar-refractivity contribution in [2.24, 2.45) is 4.99 Å². The summed E-state index contributed by atoms with van der Waals surface area (Å²) in [5, 5.41) is 10.4. The molecule has 2 rings (SSSR count). The zero-order valence-electron chi connectivity index (χ0n) is 12.5. The summed E-state index contributed by atoms with van der Waals surface area (Å²) in [5.74, 6) is -1.64. The van der Waals surface area contributed by atoms with Crippen LogP contribution in [0, 0.1) is 0 Å². The number of benzene rings is 1. The van der Waals surface area contributed by atoms with Crippen molar-refractivity contribution in [2.45, 2.75) is 18.6 Å². The van der Waals surface area contributed by atoms with Crippen LogP contribution < -0.4 is 5.11 Å². The van der Waals surface area contributed by atoms with E-state index >= 15 is 0 Å². The van der Waals surface area contributed by atoms with Gasteiger partial charge in [0.1, 0.15) is 0 Å². The quantitative estimate of drug-likeness (QED) is 0.576. The maximum atomic E-state index is 12.2. The molecule has 1 saturated heterocycles. The Bertz CT molecular complexity index is 682. The molecule has 23 heavy (non-hydrogen) atoms. The van der Waals surface area contributed by atoms with Gasteiger partial charge in [0.05, 0.1) is 10.9 Å². The SMILES string of the molecule is C=CCN1C(=O)[C@H](CC(=O)[O-])SC1=Nc1ccc(C(C)=O)cc1. The van der Waals surface area contributed by atoms with Crippen LogP contribution in [-0.4, -0.2) is 39.5 Å². The first-order valence-electron chi connectivity index (χ1n) is 6.91. The number of hydrogen-bond acceptors (Lipinski definition) is 6. The van der Waals surface area contributed by atoms with Crippen LogP contribution in [0.3, 0.4) is 0 Å². The zero-order valence-corrected chi connectivity index (χ0v) is 13.3. The maximum absolute atomic E-state index is 12.2. The van der Waals surface area contributed by atoms with Gasteiger partial charge >= 0.3 is 0 Å². The van der Waals surface area contributed by atoms with Gasteiger partial charge in [-0.15, -0.1) is 6.58 Å². The Balaban J connectivity index is 2.27. The second kappa shape index (κ2) is 7.23. The number of thioether (sulfide) groups is 1. The summed E-state index contributed by atoms with van der Waals surface area (Å²) in [4.78, 5) is 40.0. The molecule has 0 aromatic heterocycles. The van der Waals surface area contributed by atoms with E-state index in [-0.39, 0.29) is 24.7 Å². The van der Waals surface area contributed by atoms with E-state index in [0.717, 1.165) is 11.8 Å². The molecular weight excluding hydrogens is 316 g/mol. The topological polar surface area (TPSA) is 89.9 Å². The molecule has 0 saturated carbocycles. The van der Waals surface area contributed by atoms with E-state index in [1.54, 1.807) is 30.3 Å². The van der Waals surface area contributed by atoms with Gasteiger partial charge in [-0.05, 0) is 31.2 Å². The summed E-state index contributed by atoms with van der Waals surface area (Å²) < 4.78 is 0. The molecule has 0 unspecified atom stereocenters. The third-order valence-electron chi connectivity index (χ3n) is 3.18. The Morgan fingerprint density at radius 3 is 2.57 bits per heavy atom. The number of carboxylic acid groups (broad SMARTS) is 1. The molecule has 0 spiro atoms. The standard InChI is InChI=1S/C16H16N2O4S/c1-3-8-18-15(22)13(9-14(20)21)23-16(18)17-12-6-4-11(5-7-12)10(2)19/h3-7,13H,1,8-9H2,2H3,(H,20,21)/p-1/t13-/m0/s1. The van der Waals surface area contributed by atoms with E-state index in [0.29, 0.717) is 16.4 Å². The van der Waals surface area contributed by atoms with Gasteiger partial charge in [-0.3, -0.25) is 14.5 Å². The zero-order chi connectivity index (χ0) is 17.0. The van der Waals surface area contributed by atoms with E-state index in [9.17, 15) is 19.5 Å². The third kappa shape index (κ3) is 4.07. The molecular formula is C16H15N2O4S-. The van der Waals surface area contributed by atoms with Gasteiger partial charge < -0.3 is 9.90 Å². The highest BCUT2D eigenvalue weighted by molar-refractivity contribution is 8.15. The molecule has 1 aliphatic rings. The molecule has 7 heteroatoms. The maximum Gasteiger partial charge on any atom is 0.242 e. The average Bonchev–Trinajstić information content (AvgIpc) is 2.76. The molecule has 0 aliphatic carbocycles. The lowest BCUT2D eigenvalue weighted by atomic mass is 10.1. The van der Waals surface area contributed by atoms with Gasteiger partial charge in [0.15, 0.2) is 11.0 Å². The van der Waals surface area contributed by atoms with Crippen LogP contribution in [0.5, 0.6) is 0 Å². The second-order valence-corrected chi connectivity index (χ2v) is 6.09. The number of hydrogen-bond donors (Lipinski definition) is 0. The van der Waals surface area contributed by atoms with Crippen molar-refractivity contribution in [3.63, 3.8) is 0 Å². The summed E-state index contributed by atoms with van der Waals surface area (Å²) in [6.45, 7) is 5.32. The van der Waals surface area contributed by atoms with E-state index in [1.165, 1.54) is 11.8 Å². The highest BCUT2D eigenvalue weighted by Gasteiger charge is 2.37. The fourth-order valence-corrected chi connectivity index (χ4v) is 3.21. The molecule has 0 N–H and O–H groups in total. The lowest BCUT2D eigenvalue weighted by Crippen LogP contribution is -2.35. The van der Waals surface area contributed by atoms with Gasteiger partial charge in [-0.25, -0.2) is 4.99 Å². The Kier molecular flexibility index (Phi) is 5.33. The van der Waals surface area contributed by atoms with Crippen LogP contribution in [0.1, 0.15) is 23.7 Å². The van der Waals surface area contributed by atoms with Crippen LogP contribution >= 0.6 is 11.8 Å². The lowest BCUT2D eigenvalue weighted by molar-refractivity contribution is -0.305. The summed E-state index contributed by atoms with van der Waals surface area (Å²) in [6, 6.07) is 6.65. The summed E-state index contributed by atoms with van der Waals surface area (Å²) in [5.41, 5.74) is 1.15. The minimum Gasteiger partial charge on any atom is -0.550 e. The van der Waals surface area contributed by atoms with Crippen LogP contribution in [-0.2, 0) is 9.59 Å². The monoisotopic (exact) mass is 331 g/mol. The summed E-state index contributed by atoms with van der Waals surface area (Å²) >= 11 is 1.09. The molecule has 120 valence electrons. The number of carbonyl (C=O) groups excluding carboxylic acids is 3. The molecule has 6 nitrogen and oxygen atoms in total. The highest BCUT2D eigenvalue weighted by Crippen LogP contribution is 2.31. The van der Waals surface area contributed by atoms with Crippen LogP contribution in [0.25, 0.3) is 0 Å². The predicted octanol–water partition coefficient (Wildman–Crippen LogP) is 1.15. The normalized spacial score (nSPS) is 19.2. The van der Waals surface area contributed by atoms with E-state index in [1.807, 2.05) is 0 Å². The first-order chi connectivity index (χ1) is 10.9. The second-order valence-electron chi connectivity index (χ2n) is 4.92. The number of aliphatic carboxylic acids is 1. The number of carbonyl (C=O) groups is 3. The molecule has 1 aromatic rings. The number of aliphatic imine (C=N–C) groups is 1. The molecule has 1 heterocycles. The highest BCUT2D eigenvalue weighted by atomic mass is 32.2. The van der Waals surface area contributed by atoms with Crippen molar-refractivity contribution in [1.29, 1.82) is 0 Å². The van der Waals surface area contributed by atoms with Gasteiger partial charge in [0.2, 0.25) is 5.91 Å². The number of amidine groups is 1. The van der Waals surface area contributed by atoms with Crippen LogP contribution in [0.15, 0.2) is 41.9 Å². The minimum absolute atomic E-state index is 0.0445. The van der Waals surface area contributed by atoms with Gasteiger partial charge in [-0.1, -0.05) is 17.8 Å². The van der Waals surface area contributed by atoms with Gasteiger partial charge in [0, 0.05) is 24.5 Å². The number of carboxylic acids is 1. The van der Waals surface area contributed by atoms with Crippen molar-refractivity contribution in [1.82, 2.24) is 4.90 Å². The molecule has 0 bridgehead atoms. The number of amides is 1. The molecule has 0 radical (unpaired) electrons. The first kappa shape index (κ1) is 17.0. The predicted molar refractivity (Wildman–Crippen MR) is 86.5 cm³/mol. The molecule has 1 aliphatic heterocycles. The average molecular weight is 331 g/mol. The lowest BCUT2D eigenvalue weighted by Gasteiger charge is -2.13. The molecule has 1 amide bonds. The van der Waals surface area contributed by atoms with E-state index < -0.39 is 11.2 Å². The Hall–Kier alpha value is -2.41. The number of ketones is 1. The number of nitrogens with zero attached hydrogens (tertiary/aromatic N) is 2. The van der Waals surface area contributed by atoms with E-state index in [2.05, 4.69) is 11.6 Å². The van der Waals surface area contributed by atoms with Crippen molar-refractivity contribution in [3.8, 4) is 0 Å². The smallest absolute Gasteiger partial charge is 0.242 e. The largest absolute Gasteiger partial charge is 0.550 e. The Labute approximate surface area is 137 Å². The van der Waals surface area contributed by atoms with Gasteiger partial charge in [0.25, 0.3) is 0 Å². The summed E-state index contributed by atoms with van der Waals surface area (Å²) in [6.07, 6.45) is 1.19. The van der Waals surface area contributed by atoms with Crippen molar-refractivity contribution in [2.75, 3.05) is 6.54 Å². The summed E-state index contributed by atoms with van der Waals surface area (Å²) in [7, 11) is 0. The van der Waals surface area contributed by atoms with Crippen molar-refractivity contribution in [3.05, 3.63) is 42.5 Å². The number of rotatable bonds is 6.